The molecule has 86 heavy (non-hydrogen) atoms. The largest absolute Gasteiger partial charge is 0.472 e. The molecule has 0 radical (unpaired) electrons. The minimum absolute atomic E-state index is 0.0240. The lowest BCUT2D eigenvalue weighted by atomic mass is 10.0. The summed E-state index contributed by atoms with van der Waals surface area (Å²) >= 11 is 0. The van der Waals surface area contributed by atoms with Gasteiger partial charge in [-0.05, 0) is 116 Å². The number of nitrogens with zero attached hydrogens (tertiary/aromatic N) is 1. The van der Waals surface area contributed by atoms with E-state index in [0.29, 0.717) is 17.4 Å². The van der Waals surface area contributed by atoms with Gasteiger partial charge in [-0.15, -0.1) is 0 Å². The summed E-state index contributed by atoms with van der Waals surface area (Å²) in [5.41, 5.74) is 0. The molecule has 1 N–H and O–H groups in total. The van der Waals surface area contributed by atoms with Crippen molar-refractivity contribution in [3.8, 4) is 0 Å². The van der Waals surface area contributed by atoms with Gasteiger partial charge < -0.3 is 18.9 Å². The summed E-state index contributed by atoms with van der Waals surface area (Å²) in [6.45, 7) is 4.20. The highest BCUT2D eigenvalue weighted by molar-refractivity contribution is 7.47. The van der Waals surface area contributed by atoms with Gasteiger partial charge in [0, 0.05) is 12.8 Å². The van der Waals surface area contributed by atoms with Crippen LogP contribution in [-0.4, -0.2) is 74.9 Å². The predicted molar refractivity (Wildman–Crippen MR) is 371 cm³/mol. The molecule has 0 aromatic carbocycles. The van der Waals surface area contributed by atoms with Gasteiger partial charge in [0.2, 0.25) is 0 Å². The van der Waals surface area contributed by atoms with Crippen LogP contribution < -0.4 is 0 Å². The summed E-state index contributed by atoms with van der Waals surface area (Å²) in [6, 6.07) is 0. The van der Waals surface area contributed by atoms with Crippen molar-refractivity contribution >= 4 is 19.8 Å². The Balaban J connectivity index is 4.05. The molecule has 9 nitrogen and oxygen atoms in total. The topological polar surface area (TPSA) is 108 Å². The first-order chi connectivity index (χ1) is 42.0. The first-order valence-corrected chi connectivity index (χ1v) is 36.1. The van der Waals surface area contributed by atoms with Crippen molar-refractivity contribution < 1.29 is 42.1 Å². The zero-order valence-electron chi connectivity index (χ0n) is 55.7. The van der Waals surface area contributed by atoms with Crippen LogP contribution in [0.2, 0.25) is 0 Å². The highest BCUT2D eigenvalue weighted by atomic mass is 31.2. The highest BCUT2D eigenvalue weighted by Crippen LogP contribution is 2.43. The van der Waals surface area contributed by atoms with Gasteiger partial charge in [-0.25, -0.2) is 4.57 Å². The van der Waals surface area contributed by atoms with E-state index in [9.17, 15) is 19.0 Å². The van der Waals surface area contributed by atoms with Gasteiger partial charge in [0.05, 0.1) is 27.7 Å². The molecule has 0 aliphatic carbocycles. The molecule has 0 aliphatic heterocycles. The maximum atomic E-state index is 12.9. The Morgan fingerprint density at radius 1 is 0.360 bits per heavy atom. The average Bonchev–Trinajstić information content (AvgIpc) is 3.56. The number of rotatable bonds is 62. The normalized spacial score (nSPS) is 14.1. The molecular weight excluding hydrogens is 1090 g/mol. The number of esters is 2. The molecule has 0 fully saturated rings. The van der Waals surface area contributed by atoms with Crippen LogP contribution in [0.25, 0.3) is 0 Å². The SMILES string of the molecule is CC/C=C\C/C=C\C/C=C\C/C=C\C/C=C\C/C=C\C/C=C\CCCCCCCCCCCCCCCCCCCC(=O)OC(COC(=O)CCCCCCCCC/C=C\C/C=C\C/C=C\C/C=C\C/C=C\CC)COP(=O)(O)OCC[N+](C)(C)C. The smallest absolute Gasteiger partial charge is 0.462 e. The van der Waals surface area contributed by atoms with Crippen LogP contribution in [0.3, 0.4) is 0 Å². The number of carbonyl (C=O) groups is 2. The van der Waals surface area contributed by atoms with Crippen molar-refractivity contribution in [2.45, 2.75) is 277 Å². The standard InChI is InChI=1S/C76H128NO8P/c1-6-8-10-12-14-16-18-20-22-24-26-28-30-31-32-33-34-35-36-37-38-39-40-41-42-43-44-45-47-49-51-53-55-57-59-61-63-65-67-69-76(79)85-74(73-84-86(80,81)83-71-70-77(3,4)5)72-82-75(78)68-66-64-62-60-58-56-54-52-50-48-46-29-27-25-23-21-19-17-15-13-11-9-7-2/h8-11,14-17,20-23,26-29,31-32,34-35,37-38,48,50,74H,6-7,12-13,18-19,24-25,30,33,36,39-47,49,51-73H2,1-5H3/p+1/b10-8-,11-9-,16-14-,17-15-,22-20-,23-21-,28-26-,29-27-,32-31-,35-34-,38-37-,50-48-. The summed E-state index contributed by atoms with van der Waals surface area (Å²) in [7, 11) is 1.46. The number of ether oxygens (including phenoxy) is 2. The second kappa shape index (κ2) is 65.3. The first-order valence-electron chi connectivity index (χ1n) is 34.6. The number of quaternary nitrogens is 1. The van der Waals surface area contributed by atoms with E-state index >= 15 is 0 Å². The van der Waals surface area contributed by atoms with E-state index in [1.807, 2.05) is 21.1 Å². The van der Waals surface area contributed by atoms with Gasteiger partial charge in [0.25, 0.3) is 0 Å². The van der Waals surface area contributed by atoms with Gasteiger partial charge in [-0.2, -0.15) is 0 Å². The first kappa shape index (κ1) is 81.9. The Hall–Kier alpha value is -4.11. The monoisotopic (exact) mass is 1210 g/mol. The Bertz CT molecular complexity index is 1960. The van der Waals surface area contributed by atoms with Crippen molar-refractivity contribution in [2.24, 2.45) is 0 Å². The molecule has 2 atom stereocenters. The molecule has 0 spiro atoms. The average molecular weight is 1220 g/mol. The fourth-order valence-electron chi connectivity index (χ4n) is 9.14. The quantitative estimate of drug-likeness (QED) is 0.0211. The fourth-order valence-corrected chi connectivity index (χ4v) is 9.88. The zero-order chi connectivity index (χ0) is 62.6. The molecular formula is C76H129NO8P+. The van der Waals surface area contributed by atoms with Crippen LogP contribution in [0.5, 0.6) is 0 Å². The van der Waals surface area contributed by atoms with Gasteiger partial charge >= 0.3 is 19.8 Å². The van der Waals surface area contributed by atoms with Gasteiger partial charge in [-0.1, -0.05) is 288 Å². The van der Waals surface area contributed by atoms with Crippen molar-refractivity contribution in [3.05, 3.63) is 146 Å². The fraction of sp³-hybridized carbons (Fsp3) is 0.658. The maximum absolute atomic E-state index is 12.9. The Morgan fingerprint density at radius 3 is 0.930 bits per heavy atom. The molecule has 2 unspecified atom stereocenters. The van der Waals surface area contributed by atoms with Crippen LogP contribution in [0.15, 0.2) is 146 Å². The van der Waals surface area contributed by atoms with Crippen molar-refractivity contribution in [1.82, 2.24) is 0 Å². The third-order valence-electron chi connectivity index (χ3n) is 14.4. The molecule has 0 heterocycles. The van der Waals surface area contributed by atoms with Crippen molar-refractivity contribution in [2.75, 3.05) is 47.5 Å². The summed E-state index contributed by atoms with van der Waals surface area (Å²) < 4.78 is 34.7. The molecule has 0 rings (SSSR count). The third-order valence-corrected chi connectivity index (χ3v) is 15.3. The van der Waals surface area contributed by atoms with Gasteiger partial charge in [-0.3, -0.25) is 18.6 Å². The highest BCUT2D eigenvalue weighted by Gasteiger charge is 2.27. The van der Waals surface area contributed by atoms with Crippen LogP contribution in [0, 0.1) is 0 Å². The molecule has 0 bridgehead atoms. The van der Waals surface area contributed by atoms with Crippen LogP contribution in [-0.2, 0) is 32.7 Å². The van der Waals surface area contributed by atoms with Crippen molar-refractivity contribution in [3.63, 3.8) is 0 Å². The maximum Gasteiger partial charge on any atom is 0.472 e. The third kappa shape index (κ3) is 69.0. The van der Waals surface area contributed by atoms with Gasteiger partial charge in [0.15, 0.2) is 6.10 Å². The van der Waals surface area contributed by atoms with Gasteiger partial charge in [0.1, 0.15) is 19.8 Å². The number of hydrogen-bond donors (Lipinski definition) is 1. The predicted octanol–water partition coefficient (Wildman–Crippen LogP) is 22.6. The Kier molecular flexibility index (Phi) is 62.2. The number of likely N-dealkylation sites (N-methyl/N-ethyl adjacent to an activating group) is 1. The molecule has 0 amide bonds. The van der Waals surface area contributed by atoms with Crippen LogP contribution >= 0.6 is 7.82 Å². The minimum Gasteiger partial charge on any atom is -0.462 e. The number of phosphoric ester groups is 1. The van der Waals surface area contributed by atoms with Crippen LogP contribution in [0.1, 0.15) is 271 Å². The number of hydrogen-bond acceptors (Lipinski definition) is 7. The molecule has 0 saturated heterocycles. The lowest BCUT2D eigenvalue weighted by molar-refractivity contribution is -0.870. The molecule has 0 aromatic heterocycles. The van der Waals surface area contributed by atoms with Crippen molar-refractivity contribution in [1.29, 1.82) is 0 Å². The second-order valence-corrected chi connectivity index (χ2v) is 25.3. The lowest BCUT2D eigenvalue weighted by Crippen LogP contribution is -2.37. The minimum atomic E-state index is -4.40. The summed E-state index contributed by atoms with van der Waals surface area (Å²) in [4.78, 5) is 35.8. The van der Waals surface area contributed by atoms with E-state index in [0.717, 1.165) is 128 Å². The van der Waals surface area contributed by atoms with E-state index in [1.54, 1.807) is 0 Å². The molecule has 10 heteroatoms. The lowest BCUT2D eigenvalue weighted by Gasteiger charge is -2.24. The number of unbranched alkanes of at least 4 members (excludes halogenated alkanes) is 24. The molecule has 0 aliphatic rings. The number of carbonyl (C=O) groups excluding carboxylic acids is 2. The molecule has 490 valence electrons. The van der Waals surface area contributed by atoms with Crippen LogP contribution in [0.4, 0.5) is 0 Å². The van der Waals surface area contributed by atoms with E-state index in [-0.39, 0.29) is 32.0 Å². The summed E-state index contributed by atoms with van der Waals surface area (Å²) in [6.07, 6.45) is 96.6. The Labute approximate surface area is 529 Å². The van der Waals surface area contributed by atoms with E-state index in [2.05, 4.69) is 160 Å². The zero-order valence-corrected chi connectivity index (χ0v) is 56.6. The molecule has 0 aromatic rings. The second-order valence-electron chi connectivity index (χ2n) is 23.8. The van der Waals surface area contributed by atoms with E-state index in [1.165, 1.54) is 109 Å². The van der Waals surface area contributed by atoms with E-state index < -0.39 is 26.5 Å². The summed E-state index contributed by atoms with van der Waals surface area (Å²) in [5, 5.41) is 0. The Morgan fingerprint density at radius 2 is 0.628 bits per heavy atom. The summed E-state index contributed by atoms with van der Waals surface area (Å²) in [5.74, 6) is -0.812. The molecule has 0 saturated carbocycles. The number of phosphoric acid groups is 1. The number of allylic oxidation sites excluding steroid dienone is 24. The van der Waals surface area contributed by atoms with E-state index in [4.69, 9.17) is 18.5 Å².